The zero-order valence-corrected chi connectivity index (χ0v) is 17.7. The molecule has 4 aromatic rings. The number of imidazole rings is 1. The van der Waals surface area contributed by atoms with Crippen LogP contribution in [0.3, 0.4) is 0 Å². The Morgan fingerprint density at radius 2 is 1.77 bits per heavy atom. The van der Waals surface area contributed by atoms with Crippen molar-refractivity contribution in [3.05, 3.63) is 84.3 Å². The standard InChI is InChI=1S/C26H27N3O2/c1-31-24-12-7-6-11-22(24)26(30)27-16-8-2-3-13-25-28-18-23(29-25)21-15-14-19-9-4-5-10-20(19)17-21/h4-7,9-12,14-15,17-18H,2-3,8,13,16H2,1H3,(H,27,30)(H,28,29). The lowest BCUT2D eigenvalue weighted by Crippen LogP contribution is -2.24. The molecule has 158 valence electrons. The molecule has 0 atom stereocenters. The van der Waals surface area contributed by atoms with Gasteiger partial charge in [0.25, 0.3) is 5.91 Å². The second-order valence-electron chi connectivity index (χ2n) is 7.57. The summed E-state index contributed by atoms with van der Waals surface area (Å²) in [6.07, 6.45) is 5.79. The second kappa shape index (κ2) is 9.94. The summed E-state index contributed by atoms with van der Waals surface area (Å²) in [4.78, 5) is 20.3. The third-order valence-electron chi connectivity index (χ3n) is 5.42. The number of para-hydroxylation sites is 1. The summed E-state index contributed by atoms with van der Waals surface area (Å²) in [5.74, 6) is 1.50. The van der Waals surface area contributed by atoms with Gasteiger partial charge in [-0.05, 0) is 41.8 Å². The third-order valence-corrected chi connectivity index (χ3v) is 5.42. The number of fused-ring (bicyclic) bond motifs is 1. The number of amides is 1. The Bertz CT molecular complexity index is 1170. The first-order chi connectivity index (χ1) is 15.2. The van der Waals surface area contributed by atoms with E-state index in [4.69, 9.17) is 4.74 Å². The number of hydrogen-bond donors (Lipinski definition) is 2. The van der Waals surface area contributed by atoms with Gasteiger partial charge in [-0.3, -0.25) is 4.79 Å². The number of unbranched alkanes of at least 4 members (excludes halogenated alkanes) is 2. The maximum absolute atomic E-state index is 12.3. The number of hydrogen-bond acceptors (Lipinski definition) is 3. The quantitative estimate of drug-likeness (QED) is 0.362. The van der Waals surface area contributed by atoms with E-state index in [2.05, 4.69) is 57.7 Å². The molecule has 0 fully saturated rings. The Morgan fingerprint density at radius 1 is 0.968 bits per heavy atom. The van der Waals surface area contributed by atoms with E-state index < -0.39 is 0 Å². The fraction of sp³-hybridized carbons (Fsp3) is 0.231. The average Bonchev–Trinajstić information content (AvgIpc) is 3.29. The molecular formula is C26H27N3O2. The van der Waals surface area contributed by atoms with Crippen LogP contribution in [0.4, 0.5) is 0 Å². The van der Waals surface area contributed by atoms with Crippen molar-refractivity contribution in [3.63, 3.8) is 0 Å². The SMILES string of the molecule is COc1ccccc1C(=O)NCCCCCc1ncc(-c2ccc3ccccc3c2)[nH]1. The molecule has 0 radical (unpaired) electrons. The van der Waals surface area contributed by atoms with Gasteiger partial charge in [0.15, 0.2) is 0 Å². The van der Waals surface area contributed by atoms with E-state index in [-0.39, 0.29) is 5.91 Å². The number of aromatic nitrogens is 2. The van der Waals surface area contributed by atoms with E-state index in [1.54, 1.807) is 19.2 Å². The molecule has 1 heterocycles. The molecule has 0 aliphatic rings. The van der Waals surface area contributed by atoms with Gasteiger partial charge in [-0.2, -0.15) is 0 Å². The van der Waals surface area contributed by atoms with Crippen LogP contribution in [-0.2, 0) is 6.42 Å². The van der Waals surface area contributed by atoms with Crippen molar-refractivity contribution in [2.24, 2.45) is 0 Å². The number of aryl methyl sites for hydroxylation is 1. The summed E-state index contributed by atoms with van der Waals surface area (Å²) >= 11 is 0. The smallest absolute Gasteiger partial charge is 0.255 e. The largest absolute Gasteiger partial charge is 0.496 e. The lowest BCUT2D eigenvalue weighted by Gasteiger charge is -2.08. The summed E-state index contributed by atoms with van der Waals surface area (Å²) in [5, 5.41) is 5.44. The molecule has 0 bridgehead atoms. The number of nitrogens with zero attached hydrogens (tertiary/aromatic N) is 1. The molecule has 0 saturated heterocycles. The van der Waals surface area contributed by atoms with Crippen molar-refractivity contribution < 1.29 is 9.53 Å². The molecule has 1 aromatic heterocycles. The third kappa shape index (κ3) is 5.12. The van der Waals surface area contributed by atoms with Gasteiger partial charge >= 0.3 is 0 Å². The van der Waals surface area contributed by atoms with Crippen LogP contribution in [0.1, 0.15) is 35.4 Å². The van der Waals surface area contributed by atoms with Crippen LogP contribution in [0.15, 0.2) is 72.9 Å². The van der Waals surface area contributed by atoms with E-state index in [9.17, 15) is 4.79 Å². The Kier molecular flexibility index (Phi) is 6.62. The summed E-state index contributed by atoms with van der Waals surface area (Å²) in [6.45, 7) is 0.650. The van der Waals surface area contributed by atoms with Crippen LogP contribution in [0.25, 0.3) is 22.0 Å². The molecule has 2 N–H and O–H groups in total. The zero-order valence-electron chi connectivity index (χ0n) is 17.7. The highest BCUT2D eigenvalue weighted by Crippen LogP contribution is 2.23. The van der Waals surface area contributed by atoms with Gasteiger partial charge < -0.3 is 15.0 Å². The predicted octanol–water partition coefficient (Wildman–Crippen LogP) is 5.38. The van der Waals surface area contributed by atoms with Gasteiger partial charge in [0.1, 0.15) is 11.6 Å². The molecule has 3 aromatic carbocycles. The molecule has 31 heavy (non-hydrogen) atoms. The van der Waals surface area contributed by atoms with Crippen molar-refractivity contribution in [2.75, 3.05) is 13.7 Å². The molecule has 5 heteroatoms. The minimum atomic E-state index is -0.0940. The summed E-state index contributed by atoms with van der Waals surface area (Å²) < 4.78 is 5.24. The van der Waals surface area contributed by atoms with Gasteiger partial charge in [0, 0.05) is 18.5 Å². The van der Waals surface area contributed by atoms with Crippen LogP contribution in [0, 0.1) is 0 Å². The molecular weight excluding hydrogens is 386 g/mol. The number of H-pyrrole nitrogens is 1. The van der Waals surface area contributed by atoms with Gasteiger partial charge in [-0.1, -0.05) is 55.0 Å². The first-order valence-electron chi connectivity index (χ1n) is 10.7. The van der Waals surface area contributed by atoms with E-state index in [1.807, 2.05) is 18.3 Å². The molecule has 5 nitrogen and oxygen atoms in total. The fourth-order valence-corrected chi connectivity index (χ4v) is 3.72. The minimum Gasteiger partial charge on any atom is -0.496 e. The van der Waals surface area contributed by atoms with E-state index >= 15 is 0 Å². The molecule has 4 rings (SSSR count). The highest BCUT2D eigenvalue weighted by Gasteiger charge is 2.10. The molecule has 0 saturated carbocycles. The van der Waals surface area contributed by atoms with Gasteiger partial charge in [-0.15, -0.1) is 0 Å². The number of aromatic amines is 1. The molecule has 0 aliphatic heterocycles. The average molecular weight is 414 g/mol. The second-order valence-corrected chi connectivity index (χ2v) is 7.57. The van der Waals surface area contributed by atoms with Crippen LogP contribution in [-0.4, -0.2) is 29.5 Å². The maximum Gasteiger partial charge on any atom is 0.255 e. The van der Waals surface area contributed by atoms with Gasteiger partial charge in [0.05, 0.1) is 24.6 Å². The molecule has 1 amide bonds. The number of ether oxygens (including phenoxy) is 1. The molecule has 0 unspecified atom stereocenters. The number of carbonyl (C=O) groups is 1. The fourth-order valence-electron chi connectivity index (χ4n) is 3.72. The number of nitrogens with one attached hydrogen (secondary N) is 2. The van der Waals surface area contributed by atoms with Crippen molar-refractivity contribution in [1.82, 2.24) is 15.3 Å². The number of carbonyl (C=O) groups excluding carboxylic acids is 1. The first-order valence-corrected chi connectivity index (χ1v) is 10.7. The van der Waals surface area contributed by atoms with Gasteiger partial charge in [0.2, 0.25) is 0 Å². The number of rotatable bonds is 9. The summed E-state index contributed by atoms with van der Waals surface area (Å²) in [6, 6.07) is 22.1. The highest BCUT2D eigenvalue weighted by atomic mass is 16.5. The topological polar surface area (TPSA) is 67.0 Å². The van der Waals surface area contributed by atoms with E-state index in [0.717, 1.165) is 42.8 Å². The van der Waals surface area contributed by atoms with Crippen LogP contribution < -0.4 is 10.1 Å². The first kappa shape index (κ1) is 20.7. The van der Waals surface area contributed by atoms with Gasteiger partial charge in [-0.25, -0.2) is 4.98 Å². The van der Waals surface area contributed by atoms with E-state index in [0.29, 0.717) is 17.9 Å². The van der Waals surface area contributed by atoms with Crippen LogP contribution >= 0.6 is 0 Å². The van der Waals surface area contributed by atoms with E-state index in [1.165, 1.54) is 10.8 Å². The lowest BCUT2D eigenvalue weighted by atomic mass is 10.1. The Morgan fingerprint density at radius 3 is 2.65 bits per heavy atom. The van der Waals surface area contributed by atoms with Crippen molar-refractivity contribution in [3.8, 4) is 17.0 Å². The van der Waals surface area contributed by atoms with Crippen molar-refractivity contribution >= 4 is 16.7 Å². The van der Waals surface area contributed by atoms with Crippen LogP contribution in [0.5, 0.6) is 5.75 Å². The summed E-state index contributed by atoms with van der Waals surface area (Å²) in [5.41, 5.74) is 2.77. The normalized spacial score (nSPS) is 10.9. The predicted molar refractivity (Wildman–Crippen MR) is 124 cm³/mol. The molecule has 0 aliphatic carbocycles. The Labute approximate surface area is 182 Å². The molecule has 0 spiro atoms. The Hall–Kier alpha value is -3.60. The van der Waals surface area contributed by atoms with Crippen molar-refractivity contribution in [2.45, 2.75) is 25.7 Å². The number of methoxy groups -OCH3 is 1. The van der Waals surface area contributed by atoms with Crippen LogP contribution in [0.2, 0.25) is 0 Å². The lowest BCUT2D eigenvalue weighted by molar-refractivity contribution is 0.0950. The minimum absolute atomic E-state index is 0.0940. The highest BCUT2D eigenvalue weighted by molar-refractivity contribution is 5.96. The number of benzene rings is 3. The zero-order chi connectivity index (χ0) is 21.5. The maximum atomic E-state index is 12.3. The monoisotopic (exact) mass is 413 g/mol. The Balaban J connectivity index is 1.22. The summed E-state index contributed by atoms with van der Waals surface area (Å²) in [7, 11) is 1.58. The van der Waals surface area contributed by atoms with Crippen molar-refractivity contribution in [1.29, 1.82) is 0 Å².